The van der Waals surface area contributed by atoms with E-state index >= 15 is 0 Å². The number of carboxylic acids is 1. The molecule has 0 aliphatic heterocycles. The van der Waals surface area contributed by atoms with Crippen molar-refractivity contribution in [3.8, 4) is 0 Å². The molecule has 0 fully saturated rings. The second-order valence-corrected chi connectivity index (χ2v) is 7.46. The molecule has 2 N–H and O–H groups in total. The van der Waals surface area contributed by atoms with Crippen molar-refractivity contribution < 1.29 is 19.2 Å². The van der Waals surface area contributed by atoms with Crippen LogP contribution in [0, 0.1) is 15.9 Å². The quantitative estimate of drug-likeness (QED) is 0.395. The van der Waals surface area contributed by atoms with Crippen LogP contribution in [0.25, 0.3) is 10.9 Å². The summed E-state index contributed by atoms with van der Waals surface area (Å²) in [6.07, 6.45) is 1.60. The maximum atomic E-state index is 13.9. The molecule has 23 heavy (non-hydrogen) atoms. The van der Waals surface area contributed by atoms with E-state index in [4.69, 9.17) is 0 Å². The summed E-state index contributed by atoms with van der Waals surface area (Å²) >= 11 is -1.42. The Labute approximate surface area is 135 Å². The van der Waals surface area contributed by atoms with E-state index in [0.717, 1.165) is 27.4 Å². The van der Waals surface area contributed by atoms with Crippen LogP contribution >= 0.6 is 0 Å². The second kappa shape index (κ2) is 5.81. The average molecular weight is 377 g/mol. The number of halogens is 1. The van der Waals surface area contributed by atoms with Crippen molar-refractivity contribution in [3.63, 3.8) is 0 Å². The van der Waals surface area contributed by atoms with Gasteiger partial charge in [0.05, 0.1) is 0 Å². The Morgan fingerprint density at radius 2 is 2.13 bits per heavy atom. The third kappa shape index (κ3) is 2.80. The first-order valence-corrected chi connectivity index (χ1v) is 8.47. The fourth-order valence-electron chi connectivity index (χ4n) is 2.22. The first-order valence-electron chi connectivity index (χ1n) is 6.37. The summed E-state index contributed by atoms with van der Waals surface area (Å²) in [5.41, 5.74) is -0.185. The van der Waals surface area contributed by atoms with Gasteiger partial charge >= 0.3 is 134 Å². The van der Waals surface area contributed by atoms with E-state index in [1.165, 1.54) is 0 Å². The number of hydrogen-bond donors (Lipinski definition) is 2. The molecule has 0 radical (unpaired) electrons. The van der Waals surface area contributed by atoms with Crippen LogP contribution in [0.5, 0.6) is 0 Å². The van der Waals surface area contributed by atoms with Crippen LogP contribution in [0.2, 0.25) is 0 Å². The van der Waals surface area contributed by atoms with Crippen LogP contribution < -0.4 is 8.70 Å². The number of fused-ring (bicyclic) bond motifs is 1. The van der Waals surface area contributed by atoms with Crippen LogP contribution in [0.3, 0.4) is 0 Å². The number of carboxylic acid groups (broad SMARTS) is 1. The molecule has 0 saturated heterocycles. The van der Waals surface area contributed by atoms with Gasteiger partial charge in [-0.15, -0.1) is 0 Å². The molecule has 0 saturated carbocycles. The van der Waals surface area contributed by atoms with E-state index in [-0.39, 0.29) is 10.0 Å². The summed E-state index contributed by atoms with van der Waals surface area (Å²) in [6, 6.07) is 7.10. The van der Waals surface area contributed by atoms with Crippen molar-refractivity contribution in [2.45, 2.75) is 0 Å². The van der Waals surface area contributed by atoms with E-state index in [1.807, 2.05) is 0 Å². The molecule has 0 bridgehead atoms. The van der Waals surface area contributed by atoms with Gasteiger partial charge < -0.3 is 0 Å². The maximum absolute atomic E-state index is 13.9. The normalized spacial score (nSPS) is 11.3. The number of carbonyl (C=O) groups is 1. The predicted octanol–water partition coefficient (Wildman–Crippen LogP) is 0.696. The molecule has 1 atom stereocenters. The summed E-state index contributed by atoms with van der Waals surface area (Å²) in [4.78, 5) is 21.8. The van der Waals surface area contributed by atoms with Crippen molar-refractivity contribution in [2.24, 2.45) is 0 Å². The fourth-order valence-corrected chi connectivity index (χ4v) is 5.02. The third-order valence-electron chi connectivity index (χ3n) is 3.25. The number of H-pyrrole nitrogens is 1. The van der Waals surface area contributed by atoms with E-state index in [2.05, 4.69) is 10.2 Å². The zero-order valence-corrected chi connectivity index (χ0v) is 13.5. The van der Waals surface area contributed by atoms with Crippen LogP contribution in [-0.2, 0) is 0 Å². The summed E-state index contributed by atoms with van der Waals surface area (Å²) in [7, 11) is 0. The average Bonchev–Trinajstić information content (AvgIpc) is 2.94. The Morgan fingerprint density at radius 1 is 1.35 bits per heavy atom. The summed E-state index contributed by atoms with van der Waals surface area (Å²) in [6.45, 7) is 0. The van der Waals surface area contributed by atoms with Gasteiger partial charge in [0.1, 0.15) is 0 Å². The van der Waals surface area contributed by atoms with E-state index in [9.17, 15) is 24.4 Å². The minimum atomic E-state index is -1.51. The number of aromatic carboxylic acids is 1. The van der Waals surface area contributed by atoms with Gasteiger partial charge in [0.2, 0.25) is 0 Å². The number of benzene rings is 2. The molecule has 0 aliphatic rings. The van der Waals surface area contributed by atoms with Crippen molar-refractivity contribution in [2.75, 3.05) is 0 Å². The molecule has 7 nitrogen and oxygen atoms in total. The molecule has 3 rings (SSSR count). The predicted molar refractivity (Wildman–Crippen MR) is 82.5 cm³/mol. The van der Waals surface area contributed by atoms with E-state index < -0.39 is 38.0 Å². The van der Waals surface area contributed by atoms with Crippen LogP contribution in [0.15, 0.2) is 36.5 Å². The molecule has 116 valence electrons. The molecule has 0 aliphatic carbocycles. The van der Waals surface area contributed by atoms with E-state index in [0.29, 0.717) is 0 Å². The third-order valence-corrected chi connectivity index (χ3v) is 6.10. The summed E-state index contributed by atoms with van der Waals surface area (Å²) < 4.78 is 14.6. The minimum absolute atomic E-state index is 0.0367. The topological polar surface area (TPSA) is 109 Å². The molecule has 1 aromatic heterocycles. The number of aromatic nitrogens is 2. The Kier molecular flexibility index (Phi) is 3.83. The number of nitrogens with one attached hydrogen (secondary N) is 1. The number of nitro groups is 1. The zero-order chi connectivity index (χ0) is 16.6. The molecule has 1 unspecified atom stereocenters. The second-order valence-electron chi connectivity index (χ2n) is 4.68. The van der Waals surface area contributed by atoms with Crippen molar-refractivity contribution in [1.82, 2.24) is 10.2 Å². The van der Waals surface area contributed by atoms with Crippen molar-refractivity contribution >= 4 is 47.0 Å². The molecule has 0 amide bonds. The SMILES string of the molecule is O=C(O)c1c(F)ccc([N+](=O)[O-])c1[AsH]c1ccc2[nH]ncc2c1. The number of aromatic amines is 1. The number of rotatable bonds is 4. The van der Waals surface area contributed by atoms with Gasteiger partial charge in [-0.25, -0.2) is 0 Å². The van der Waals surface area contributed by atoms with Crippen LogP contribution in [0.4, 0.5) is 10.1 Å². The summed E-state index contributed by atoms with van der Waals surface area (Å²) in [5.74, 6) is -2.47. The number of nitrogens with zero attached hydrogens (tertiary/aromatic N) is 2. The van der Waals surface area contributed by atoms with Crippen molar-refractivity contribution in [1.29, 1.82) is 0 Å². The molecule has 9 heteroatoms. The van der Waals surface area contributed by atoms with Gasteiger partial charge in [0.25, 0.3) is 0 Å². The van der Waals surface area contributed by atoms with Gasteiger partial charge in [-0.2, -0.15) is 0 Å². The van der Waals surface area contributed by atoms with E-state index in [1.54, 1.807) is 24.4 Å². The molecular weight excluding hydrogens is 368 g/mol. The Bertz CT molecular complexity index is 941. The van der Waals surface area contributed by atoms with Gasteiger partial charge in [0.15, 0.2) is 0 Å². The Morgan fingerprint density at radius 3 is 2.83 bits per heavy atom. The zero-order valence-electron chi connectivity index (χ0n) is 11.4. The molecular formula is C14H9AsFN3O4. The molecule has 1 heterocycles. The summed E-state index contributed by atoms with van der Waals surface area (Å²) in [5, 5.41) is 27.8. The fraction of sp³-hybridized carbons (Fsp3) is 0. The monoisotopic (exact) mass is 377 g/mol. The molecule has 3 aromatic rings. The molecule has 0 spiro atoms. The Hall–Kier alpha value is -2.73. The molecule has 2 aromatic carbocycles. The van der Waals surface area contributed by atoms with Gasteiger partial charge in [0, 0.05) is 0 Å². The first-order chi connectivity index (χ1) is 11.0. The van der Waals surface area contributed by atoms with Gasteiger partial charge in [-0.1, -0.05) is 0 Å². The number of hydrogen-bond acceptors (Lipinski definition) is 4. The Balaban J connectivity index is 2.15. The van der Waals surface area contributed by atoms with Gasteiger partial charge in [-0.05, 0) is 0 Å². The standard InChI is InChI=1S/C14H9AsFN3O4/c16-9-2-4-11(19(22)23)13(12(9)14(20)21)15-8-1-3-10-7(5-8)6-17-18-10/h1-6,15H,(H,17,18)(H,20,21). The van der Waals surface area contributed by atoms with Gasteiger partial charge in [-0.3, -0.25) is 0 Å². The van der Waals surface area contributed by atoms with Crippen molar-refractivity contribution in [3.05, 3.63) is 58.0 Å². The first kappa shape index (κ1) is 15.2. The van der Waals surface area contributed by atoms with Crippen LogP contribution in [0.1, 0.15) is 10.4 Å². The van der Waals surface area contributed by atoms with Crippen LogP contribution in [-0.4, -0.2) is 41.9 Å². The number of nitro benzene ring substituents is 1.